The third-order valence-electron chi connectivity index (χ3n) is 3.78. The highest BCUT2D eigenvalue weighted by molar-refractivity contribution is 7.10. The number of aliphatic imine (C=N–C) groups is 1. The number of aromatic nitrogens is 2. The zero-order valence-electron chi connectivity index (χ0n) is 12.9. The van der Waals surface area contributed by atoms with Crippen molar-refractivity contribution in [1.82, 2.24) is 9.97 Å². The lowest BCUT2D eigenvalue weighted by Crippen LogP contribution is -2.45. The van der Waals surface area contributed by atoms with Crippen LogP contribution in [-0.4, -0.2) is 28.3 Å². The molecule has 1 aliphatic rings. The highest BCUT2D eigenvalue weighted by Crippen LogP contribution is 2.43. The lowest BCUT2D eigenvalue weighted by molar-refractivity contribution is -0.208. The molecule has 0 bridgehead atoms. The Morgan fingerprint density at radius 2 is 2.04 bits per heavy atom. The topological polar surface area (TPSA) is 97.2 Å². The van der Waals surface area contributed by atoms with E-state index in [1.165, 1.54) is 23.7 Å². The molecule has 3 heterocycles. The van der Waals surface area contributed by atoms with Gasteiger partial charge in [-0.1, -0.05) is 0 Å². The minimum Gasteiger partial charge on any atom is -0.452 e. The quantitative estimate of drug-likeness (QED) is 0.880. The fourth-order valence-corrected chi connectivity index (χ4v) is 3.54. The van der Waals surface area contributed by atoms with Gasteiger partial charge in [-0.15, -0.1) is 11.3 Å². The minimum absolute atomic E-state index is 0.0426. The maximum absolute atomic E-state index is 13.0. The number of nitrogens with zero attached hydrogens (tertiary/aromatic N) is 4. The molecule has 2 N–H and O–H groups in total. The third-order valence-corrected chi connectivity index (χ3v) is 4.97. The first-order valence-electron chi connectivity index (χ1n) is 7.11. The zero-order valence-corrected chi connectivity index (χ0v) is 13.7. The Morgan fingerprint density at radius 3 is 2.64 bits per heavy atom. The van der Waals surface area contributed by atoms with Crippen LogP contribution in [0.2, 0.25) is 0 Å². The molecule has 130 valence electrons. The van der Waals surface area contributed by atoms with E-state index < -0.39 is 23.8 Å². The van der Waals surface area contributed by atoms with Gasteiger partial charge in [0.2, 0.25) is 5.82 Å². The average molecular weight is 367 g/mol. The van der Waals surface area contributed by atoms with Crippen LogP contribution in [0.4, 0.5) is 13.2 Å². The van der Waals surface area contributed by atoms with E-state index in [0.717, 1.165) is 5.56 Å². The van der Waals surface area contributed by atoms with Gasteiger partial charge in [0.15, 0.2) is 6.10 Å². The maximum atomic E-state index is 13.0. The van der Waals surface area contributed by atoms with E-state index in [2.05, 4.69) is 19.7 Å². The largest absolute Gasteiger partial charge is 0.452 e. The molecule has 10 heteroatoms. The normalized spacial score (nSPS) is 23.5. The number of hydrogen-bond acceptors (Lipinski definition) is 7. The second-order valence-electron chi connectivity index (χ2n) is 5.68. The molecule has 6 nitrogen and oxygen atoms in total. The van der Waals surface area contributed by atoms with E-state index in [1.807, 2.05) is 6.07 Å². The molecule has 2 aromatic heterocycles. The number of hydrogen-bond donors (Lipinski definition) is 1. The molecule has 0 saturated heterocycles. The van der Waals surface area contributed by atoms with E-state index in [1.54, 1.807) is 18.4 Å². The summed E-state index contributed by atoms with van der Waals surface area (Å²) in [6.45, 7) is 1.59. The zero-order chi connectivity index (χ0) is 18.2. The Kier molecular flexibility index (Phi) is 4.12. The fourth-order valence-electron chi connectivity index (χ4n) is 2.51. The summed E-state index contributed by atoms with van der Waals surface area (Å²) in [6.07, 6.45) is -3.91. The summed E-state index contributed by atoms with van der Waals surface area (Å²) in [7, 11) is 0. The molecule has 0 spiro atoms. The van der Waals surface area contributed by atoms with Crippen molar-refractivity contribution in [2.45, 2.75) is 31.2 Å². The SMILES string of the molecule is C[C@]1(c2cc(-c3cnc(C#N)nc3)cs2)C[C@@H](C(F)(F)F)OC(N)=N1. The van der Waals surface area contributed by atoms with Crippen molar-refractivity contribution in [3.63, 3.8) is 0 Å². The Hall–Kier alpha value is -2.67. The van der Waals surface area contributed by atoms with Gasteiger partial charge in [-0.05, 0) is 23.9 Å². The molecular weight excluding hydrogens is 355 g/mol. The first-order valence-corrected chi connectivity index (χ1v) is 7.99. The van der Waals surface area contributed by atoms with Gasteiger partial charge in [0.1, 0.15) is 11.6 Å². The summed E-state index contributed by atoms with van der Waals surface area (Å²) in [5, 5.41) is 10.5. The number of thiophene rings is 1. The summed E-state index contributed by atoms with van der Waals surface area (Å²) < 4.78 is 43.8. The monoisotopic (exact) mass is 367 g/mol. The lowest BCUT2D eigenvalue weighted by Gasteiger charge is -2.34. The number of alkyl halides is 3. The molecule has 0 radical (unpaired) electrons. The summed E-state index contributed by atoms with van der Waals surface area (Å²) >= 11 is 1.27. The van der Waals surface area contributed by atoms with Crippen LogP contribution in [-0.2, 0) is 10.3 Å². The van der Waals surface area contributed by atoms with E-state index in [0.29, 0.717) is 10.4 Å². The molecule has 2 aromatic rings. The molecule has 1 aliphatic heterocycles. The highest BCUT2D eigenvalue weighted by atomic mass is 32.1. The molecule has 0 saturated carbocycles. The van der Waals surface area contributed by atoms with E-state index in [-0.39, 0.29) is 12.2 Å². The van der Waals surface area contributed by atoms with Crippen LogP contribution in [0, 0.1) is 11.3 Å². The van der Waals surface area contributed by atoms with Gasteiger partial charge < -0.3 is 10.5 Å². The molecule has 0 amide bonds. The molecule has 2 atom stereocenters. The second kappa shape index (κ2) is 6.00. The Bertz CT molecular complexity index is 855. The first-order chi connectivity index (χ1) is 11.7. The first kappa shape index (κ1) is 17.2. The van der Waals surface area contributed by atoms with Gasteiger partial charge in [-0.3, -0.25) is 0 Å². The summed E-state index contributed by atoms with van der Waals surface area (Å²) in [5.41, 5.74) is 5.71. The Labute approximate surface area is 144 Å². The van der Waals surface area contributed by atoms with Gasteiger partial charge in [-0.2, -0.15) is 18.4 Å². The maximum Gasteiger partial charge on any atom is 0.425 e. The van der Waals surface area contributed by atoms with Crippen molar-refractivity contribution in [3.8, 4) is 17.2 Å². The van der Waals surface area contributed by atoms with Crippen LogP contribution in [0.5, 0.6) is 0 Å². The van der Waals surface area contributed by atoms with Gasteiger partial charge in [0, 0.05) is 29.3 Å². The summed E-state index contributed by atoms with van der Waals surface area (Å²) in [4.78, 5) is 12.5. The van der Waals surface area contributed by atoms with Crippen molar-refractivity contribution in [1.29, 1.82) is 5.26 Å². The van der Waals surface area contributed by atoms with Crippen molar-refractivity contribution in [3.05, 3.63) is 34.5 Å². The standard InChI is InChI=1S/C15H12F3N5OS/c1-14(3-10(15(16,17)18)24-13(20)23-14)11-2-8(7-25-11)9-5-21-12(4-19)22-6-9/h2,5-7,10H,3H2,1H3,(H2,20,23)/t10-,14+/m0/s1. The molecule has 0 unspecified atom stereocenters. The van der Waals surface area contributed by atoms with Gasteiger partial charge in [0.25, 0.3) is 6.02 Å². The molecule has 0 aliphatic carbocycles. The van der Waals surface area contributed by atoms with Crippen LogP contribution in [0.3, 0.4) is 0 Å². The lowest BCUT2D eigenvalue weighted by atomic mass is 9.91. The Morgan fingerprint density at radius 1 is 1.36 bits per heavy atom. The number of amidine groups is 1. The smallest absolute Gasteiger partial charge is 0.425 e. The van der Waals surface area contributed by atoms with Crippen LogP contribution < -0.4 is 5.73 Å². The number of halogens is 3. The van der Waals surface area contributed by atoms with Crippen LogP contribution in [0.15, 0.2) is 28.8 Å². The van der Waals surface area contributed by atoms with E-state index in [4.69, 9.17) is 11.0 Å². The second-order valence-corrected chi connectivity index (χ2v) is 6.59. The summed E-state index contributed by atoms with van der Waals surface area (Å²) in [5.74, 6) is 0.0426. The van der Waals surface area contributed by atoms with E-state index in [9.17, 15) is 13.2 Å². The third kappa shape index (κ3) is 3.41. The average Bonchev–Trinajstić information content (AvgIpc) is 3.04. The van der Waals surface area contributed by atoms with E-state index >= 15 is 0 Å². The number of rotatable bonds is 2. The Balaban J connectivity index is 1.92. The van der Waals surface area contributed by atoms with Gasteiger partial charge in [0.05, 0.1) is 0 Å². The molecule has 25 heavy (non-hydrogen) atoms. The predicted molar refractivity (Wildman–Crippen MR) is 84.6 cm³/mol. The number of nitrogens with two attached hydrogens (primary N) is 1. The van der Waals surface area contributed by atoms with Crippen LogP contribution in [0.25, 0.3) is 11.1 Å². The molecular formula is C15H12F3N5OS. The van der Waals surface area contributed by atoms with Crippen molar-refractivity contribution in [2.75, 3.05) is 0 Å². The molecule has 0 fully saturated rings. The predicted octanol–water partition coefficient (Wildman–Crippen LogP) is 2.96. The number of nitriles is 1. The summed E-state index contributed by atoms with van der Waals surface area (Å²) in [6, 6.07) is 3.07. The number of ether oxygens (including phenoxy) is 1. The van der Waals surface area contributed by atoms with Crippen LogP contribution in [0.1, 0.15) is 24.0 Å². The molecule has 0 aromatic carbocycles. The van der Waals surface area contributed by atoms with Crippen molar-refractivity contribution >= 4 is 17.4 Å². The molecule has 3 rings (SSSR count). The van der Waals surface area contributed by atoms with Crippen molar-refractivity contribution in [2.24, 2.45) is 10.7 Å². The van der Waals surface area contributed by atoms with Crippen molar-refractivity contribution < 1.29 is 17.9 Å². The fraction of sp³-hybridized carbons (Fsp3) is 0.333. The highest BCUT2D eigenvalue weighted by Gasteiger charge is 2.49. The van der Waals surface area contributed by atoms with Gasteiger partial charge >= 0.3 is 6.18 Å². The minimum atomic E-state index is -4.52. The van der Waals surface area contributed by atoms with Gasteiger partial charge in [-0.25, -0.2) is 15.0 Å². The van der Waals surface area contributed by atoms with Crippen LogP contribution >= 0.6 is 11.3 Å².